The van der Waals surface area contributed by atoms with Gasteiger partial charge in [0.1, 0.15) is 0 Å². The molecule has 210 valence electrons. The molecule has 2 bridgehead atoms. The molecular formula is C35H23NO7. The maximum atomic E-state index is 15.7. The van der Waals surface area contributed by atoms with Gasteiger partial charge in [-0.15, -0.1) is 0 Å². The number of ether oxygens (including phenoxy) is 4. The molecule has 0 spiro atoms. The van der Waals surface area contributed by atoms with Crippen molar-refractivity contribution in [3.8, 4) is 23.0 Å². The standard InChI is InChI=1S/C35H23NO7/c37-31-29-30(32(38)36-31)35(22-9-5-2-6-10-22)28(20-12-14-24-26(16-20)43-18-41-24)27(19-11-13-23-25(15-19)42-17-40-23)34(29,33(35)39)21-7-3-1-4-8-21/h1-16,29-30H,17-18H2,(H,36,37,38)/t29-,30+,34-,35-/m0/s1. The van der Waals surface area contributed by atoms with Crippen LogP contribution in [0.1, 0.15) is 22.3 Å². The molecular weight excluding hydrogens is 546 g/mol. The van der Waals surface area contributed by atoms with Gasteiger partial charge in [-0.05, 0) is 57.7 Å². The number of hydrogen-bond donors (Lipinski definition) is 1. The Morgan fingerprint density at radius 2 is 0.953 bits per heavy atom. The number of allylic oxidation sites excluding steroid dienone is 2. The number of nitrogens with one attached hydrogen (secondary N) is 1. The lowest BCUT2D eigenvalue weighted by Crippen LogP contribution is -2.44. The molecule has 9 rings (SSSR count). The normalized spacial score (nSPS) is 27.6. The van der Waals surface area contributed by atoms with Crippen molar-refractivity contribution in [2.24, 2.45) is 11.8 Å². The fourth-order valence-electron chi connectivity index (χ4n) is 8.16. The van der Waals surface area contributed by atoms with Crippen LogP contribution in [0.5, 0.6) is 23.0 Å². The summed E-state index contributed by atoms with van der Waals surface area (Å²) in [4.78, 5) is 43.5. The van der Waals surface area contributed by atoms with Crippen molar-refractivity contribution in [3.05, 3.63) is 119 Å². The van der Waals surface area contributed by atoms with Crippen LogP contribution in [0.4, 0.5) is 0 Å². The summed E-state index contributed by atoms with van der Waals surface area (Å²) in [6.45, 7) is 0.177. The molecule has 0 radical (unpaired) electrons. The molecule has 8 nitrogen and oxygen atoms in total. The monoisotopic (exact) mass is 569 g/mol. The number of carbonyl (C=O) groups excluding carboxylic acids is 3. The second-order valence-electron chi connectivity index (χ2n) is 11.4. The fraction of sp³-hybridized carbons (Fsp3) is 0.171. The topological polar surface area (TPSA) is 100 Å². The van der Waals surface area contributed by atoms with Gasteiger partial charge in [0.2, 0.25) is 25.4 Å². The van der Waals surface area contributed by atoms with E-state index >= 15 is 4.79 Å². The lowest BCUT2D eigenvalue weighted by atomic mass is 9.59. The third-order valence-electron chi connectivity index (χ3n) is 9.61. The highest BCUT2D eigenvalue weighted by Gasteiger charge is 2.81. The van der Waals surface area contributed by atoms with Gasteiger partial charge in [0.15, 0.2) is 28.8 Å². The number of fused-ring (bicyclic) bond motifs is 7. The highest BCUT2D eigenvalue weighted by atomic mass is 16.7. The summed E-state index contributed by atoms with van der Waals surface area (Å²) >= 11 is 0. The first-order valence-electron chi connectivity index (χ1n) is 14.1. The number of amides is 2. The average molecular weight is 570 g/mol. The minimum atomic E-state index is -1.47. The van der Waals surface area contributed by atoms with Gasteiger partial charge < -0.3 is 18.9 Å². The number of benzene rings is 4. The third kappa shape index (κ3) is 2.83. The van der Waals surface area contributed by atoms with Crippen LogP contribution in [0.25, 0.3) is 11.1 Å². The summed E-state index contributed by atoms with van der Waals surface area (Å²) in [5.41, 5.74) is 1.10. The van der Waals surface area contributed by atoms with Crippen LogP contribution in [0.15, 0.2) is 97.1 Å². The highest BCUT2D eigenvalue weighted by Crippen LogP contribution is 2.73. The van der Waals surface area contributed by atoms with Gasteiger partial charge in [0, 0.05) is 0 Å². The summed E-state index contributed by atoms with van der Waals surface area (Å²) in [5.74, 6) is -0.738. The summed E-state index contributed by atoms with van der Waals surface area (Å²) in [5, 5.41) is 2.61. The molecule has 5 aliphatic rings. The van der Waals surface area contributed by atoms with E-state index < -0.39 is 34.5 Å². The van der Waals surface area contributed by atoms with E-state index in [1.165, 1.54) is 0 Å². The van der Waals surface area contributed by atoms with Crippen molar-refractivity contribution >= 4 is 28.7 Å². The maximum absolute atomic E-state index is 15.7. The minimum absolute atomic E-state index is 0.0885. The number of rotatable bonds is 4. The summed E-state index contributed by atoms with van der Waals surface area (Å²) in [6, 6.07) is 29.9. The smallest absolute Gasteiger partial charge is 0.232 e. The van der Waals surface area contributed by atoms with Crippen molar-refractivity contribution in [1.29, 1.82) is 0 Å². The molecule has 0 aromatic heterocycles. The van der Waals surface area contributed by atoms with Crippen molar-refractivity contribution in [1.82, 2.24) is 5.32 Å². The molecule has 2 amide bonds. The number of carbonyl (C=O) groups is 3. The molecule has 8 heteroatoms. The predicted molar refractivity (Wildman–Crippen MR) is 153 cm³/mol. The predicted octanol–water partition coefficient (Wildman–Crippen LogP) is 4.42. The molecule has 1 N–H and O–H groups in total. The van der Waals surface area contributed by atoms with E-state index in [-0.39, 0.29) is 19.4 Å². The molecule has 2 fully saturated rings. The Bertz CT molecular complexity index is 1800. The number of hydrogen-bond acceptors (Lipinski definition) is 7. The van der Waals surface area contributed by atoms with Gasteiger partial charge in [-0.2, -0.15) is 0 Å². The molecule has 1 saturated carbocycles. The summed E-state index contributed by atoms with van der Waals surface area (Å²) in [6.07, 6.45) is 0. The zero-order valence-corrected chi connectivity index (χ0v) is 22.7. The van der Waals surface area contributed by atoms with Crippen LogP contribution in [-0.4, -0.2) is 31.2 Å². The first-order chi connectivity index (χ1) is 21.1. The van der Waals surface area contributed by atoms with E-state index in [1.54, 1.807) is 0 Å². The Morgan fingerprint density at radius 3 is 1.40 bits per heavy atom. The van der Waals surface area contributed by atoms with Gasteiger partial charge in [0.25, 0.3) is 0 Å². The quantitative estimate of drug-likeness (QED) is 0.364. The third-order valence-corrected chi connectivity index (χ3v) is 9.61. The van der Waals surface area contributed by atoms with E-state index in [1.807, 2.05) is 97.1 Å². The lowest BCUT2D eigenvalue weighted by Gasteiger charge is -2.39. The molecule has 4 aromatic rings. The summed E-state index contributed by atoms with van der Waals surface area (Å²) < 4.78 is 22.8. The minimum Gasteiger partial charge on any atom is -0.454 e. The maximum Gasteiger partial charge on any atom is 0.232 e. The Hall–Kier alpha value is -5.37. The first-order valence-corrected chi connectivity index (χ1v) is 14.1. The molecule has 0 unspecified atom stereocenters. The zero-order chi connectivity index (χ0) is 28.9. The average Bonchev–Trinajstić information content (AvgIpc) is 3.85. The van der Waals surface area contributed by atoms with Crippen LogP contribution in [-0.2, 0) is 25.2 Å². The van der Waals surface area contributed by atoms with Gasteiger partial charge >= 0.3 is 0 Å². The molecule has 4 aromatic carbocycles. The number of imide groups is 1. The van der Waals surface area contributed by atoms with Crippen LogP contribution in [0.2, 0.25) is 0 Å². The Balaban J connectivity index is 1.49. The van der Waals surface area contributed by atoms with Gasteiger partial charge in [-0.3, -0.25) is 19.7 Å². The van der Waals surface area contributed by atoms with Crippen LogP contribution in [0.3, 0.4) is 0 Å². The highest BCUT2D eigenvalue weighted by molar-refractivity contribution is 6.35. The van der Waals surface area contributed by atoms with E-state index in [0.717, 1.165) is 0 Å². The van der Waals surface area contributed by atoms with Crippen molar-refractivity contribution in [2.45, 2.75) is 10.8 Å². The van der Waals surface area contributed by atoms with E-state index in [9.17, 15) is 9.59 Å². The molecule has 3 aliphatic heterocycles. The van der Waals surface area contributed by atoms with E-state index in [4.69, 9.17) is 18.9 Å². The lowest BCUT2D eigenvalue weighted by molar-refractivity contribution is -0.132. The Kier molecular flexibility index (Phi) is 4.71. The van der Waals surface area contributed by atoms with Crippen molar-refractivity contribution in [2.75, 3.05) is 13.6 Å². The molecule has 3 heterocycles. The van der Waals surface area contributed by atoms with Crippen LogP contribution < -0.4 is 24.3 Å². The molecule has 4 atom stereocenters. The second kappa shape index (κ2) is 8.35. The molecule has 43 heavy (non-hydrogen) atoms. The van der Waals surface area contributed by atoms with Crippen molar-refractivity contribution < 1.29 is 33.3 Å². The van der Waals surface area contributed by atoms with Crippen LogP contribution >= 0.6 is 0 Å². The Labute approximate surface area is 245 Å². The zero-order valence-electron chi connectivity index (χ0n) is 22.7. The van der Waals surface area contributed by atoms with Crippen LogP contribution in [0, 0.1) is 11.8 Å². The van der Waals surface area contributed by atoms with E-state index in [0.29, 0.717) is 56.4 Å². The van der Waals surface area contributed by atoms with Crippen molar-refractivity contribution in [3.63, 3.8) is 0 Å². The van der Waals surface area contributed by atoms with Gasteiger partial charge in [-0.25, -0.2) is 0 Å². The summed E-state index contributed by atoms with van der Waals surface area (Å²) in [7, 11) is 0. The second-order valence-corrected chi connectivity index (χ2v) is 11.4. The van der Waals surface area contributed by atoms with Gasteiger partial charge in [-0.1, -0.05) is 72.8 Å². The van der Waals surface area contributed by atoms with Gasteiger partial charge in [0.05, 0.1) is 22.7 Å². The first kappa shape index (κ1) is 24.2. The molecule has 1 saturated heterocycles. The number of Topliss-reactive ketones (excluding diaryl/α,β-unsaturated/α-hetero) is 1. The largest absolute Gasteiger partial charge is 0.454 e. The number of ketones is 1. The molecule has 2 aliphatic carbocycles. The Morgan fingerprint density at radius 1 is 0.535 bits per heavy atom. The SMILES string of the molecule is O=C1NC(=O)[C@H]2[C@@H]1[C@@]1(c3ccccc3)C(=O)[C@@]2(c2ccccc2)C(c2ccc3c(c2)OCO3)=C1c1ccc2c(c1)OCO2. The van der Waals surface area contributed by atoms with E-state index in [2.05, 4.69) is 5.32 Å². The fourth-order valence-corrected chi connectivity index (χ4v) is 8.16.